The van der Waals surface area contributed by atoms with Crippen LogP contribution in [0.4, 0.5) is 5.69 Å². The molecule has 0 bridgehead atoms. The SMILES string of the molecule is CCc1ccc(C(=O)Nc2ccc(C3(CC)CCC(=O)NC3=O)cc2)o1. The molecule has 2 heterocycles. The molecule has 26 heavy (non-hydrogen) atoms. The Hall–Kier alpha value is -2.89. The maximum Gasteiger partial charge on any atom is 0.291 e. The van der Waals surface area contributed by atoms with E-state index >= 15 is 0 Å². The first-order valence-electron chi connectivity index (χ1n) is 8.83. The van der Waals surface area contributed by atoms with Crippen LogP contribution < -0.4 is 10.6 Å². The molecule has 2 N–H and O–H groups in total. The van der Waals surface area contributed by atoms with Crippen molar-refractivity contribution in [3.8, 4) is 0 Å². The van der Waals surface area contributed by atoms with E-state index in [4.69, 9.17) is 4.42 Å². The highest BCUT2D eigenvalue weighted by molar-refractivity contribution is 6.04. The summed E-state index contributed by atoms with van der Waals surface area (Å²) in [5, 5.41) is 5.22. The summed E-state index contributed by atoms with van der Waals surface area (Å²) in [7, 11) is 0. The van der Waals surface area contributed by atoms with Gasteiger partial charge in [-0.25, -0.2) is 0 Å². The molecule has 1 fully saturated rings. The first-order valence-corrected chi connectivity index (χ1v) is 8.83. The van der Waals surface area contributed by atoms with E-state index in [-0.39, 0.29) is 23.5 Å². The summed E-state index contributed by atoms with van der Waals surface area (Å²) < 4.78 is 5.45. The molecule has 1 aliphatic rings. The van der Waals surface area contributed by atoms with Crippen molar-refractivity contribution in [3.05, 3.63) is 53.5 Å². The second kappa shape index (κ2) is 7.15. The van der Waals surface area contributed by atoms with Crippen LogP contribution in [0.15, 0.2) is 40.8 Å². The standard InChI is InChI=1S/C20H22N2O4/c1-3-15-9-10-16(26-15)18(24)21-14-7-5-13(6-8-14)20(4-2)12-11-17(23)22-19(20)25/h5-10H,3-4,11-12H2,1-2H3,(H,21,24)(H,22,23,25). The van der Waals surface area contributed by atoms with Crippen LogP contribution in [0, 0.1) is 0 Å². The fraction of sp³-hybridized carbons (Fsp3) is 0.350. The van der Waals surface area contributed by atoms with Gasteiger partial charge in [0.05, 0.1) is 5.41 Å². The van der Waals surface area contributed by atoms with Gasteiger partial charge in [0.15, 0.2) is 5.76 Å². The molecule has 6 nitrogen and oxygen atoms in total. The smallest absolute Gasteiger partial charge is 0.291 e. The number of furan rings is 1. The van der Waals surface area contributed by atoms with E-state index in [2.05, 4.69) is 10.6 Å². The lowest BCUT2D eigenvalue weighted by Crippen LogP contribution is -2.51. The van der Waals surface area contributed by atoms with Crippen LogP contribution in [0.3, 0.4) is 0 Å². The summed E-state index contributed by atoms with van der Waals surface area (Å²) in [6.07, 6.45) is 2.15. The van der Waals surface area contributed by atoms with Crippen molar-refractivity contribution in [1.82, 2.24) is 5.32 Å². The molecule has 1 aliphatic heterocycles. The fourth-order valence-corrected chi connectivity index (χ4v) is 3.32. The molecule has 3 amide bonds. The van der Waals surface area contributed by atoms with Crippen LogP contribution in [0.25, 0.3) is 0 Å². The van der Waals surface area contributed by atoms with E-state index in [0.29, 0.717) is 24.9 Å². The zero-order valence-electron chi connectivity index (χ0n) is 14.9. The quantitative estimate of drug-likeness (QED) is 0.807. The van der Waals surface area contributed by atoms with Gasteiger partial charge in [0, 0.05) is 18.5 Å². The number of hydrogen-bond donors (Lipinski definition) is 2. The maximum absolute atomic E-state index is 12.4. The molecule has 1 aromatic heterocycles. The summed E-state index contributed by atoms with van der Waals surface area (Å²) in [4.78, 5) is 36.1. The number of anilines is 1. The molecule has 3 rings (SSSR count). The number of imide groups is 1. The van der Waals surface area contributed by atoms with Crippen molar-refractivity contribution in [1.29, 1.82) is 0 Å². The number of carbonyl (C=O) groups is 3. The molecule has 2 aromatic rings. The van der Waals surface area contributed by atoms with Gasteiger partial charge in [0.25, 0.3) is 5.91 Å². The van der Waals surface area contributed by atoms with Crippen molar-refractivity contribution >= 4 is 23.4 Å². The molecule has 6 heteroatoms. The zero-order chi connectivity index (χ0) is 18.7. The van der Waals surface area contributed by atoms with E-state index in [9.17, 15) is 14.4 Å². The number of hydrogen-bond acceptors (Lipinski definition) is 4. The minimum atomic E-state index is -0.701. The largest absolute Gasteiger partial charge is 0.456 e. The molecule has 1 aromatic carbocycles. The number of rotatable bonds is 5. The van der Waals surface area contributed by atoms with Gasteiger partial charge in [-0.3, -0.25) is 19.7 Å². The summed E-state index contributed by atoms with van der Waals surface area (Å²) in [6, 6.07) is 10.6. The summed E-state index contributed by atoms with van der Waals surface area (Å²) in [6.45, 7) is 3.89. The highest BCUT2D eigenvalue weighted by atomic mass is 16.3. The number of amides is 3. The Morgan fingerprint density at radius 1 is 1.15 bits per heavy atom. The minimum absolute atomic E-state index is 0.229. The first kappa shape index (κ1) is 17.9. The van der Waals surface area contributed by atoms with Gasteiger partial charge in [-0.05, 0) is 42.7 Å². The number of carbonyl (C=O) groups excluding carboxylic acids is 3. The number of piperidine rings is 1. The minimum Gasteiger partial charge on any atom is -0.456 e. The average molecular weight is 354 g/mol. The Labute approximate surface area is 152 Å². The van der Waals surface area contributed by atoms with Crippen molar-refractivity contribution in [2.75, 3.05) is 5.32 Å². The van der Waals surface area contributed by atoms with Gasteiger partial charge in [-0.2, -0.15) is 0 Å². The van der Waals surface area contributed by atoms with E-state index in [1.807, 2.05) is 26.0 Å². The molecular weight excluding hydrogens is 332 g/mol. The molecule has 1 unspecified atom stereocenters. The average Bonchev–Trinajstić information content (AvgIpc) is 3.13. The topological polar surface area (TPSA) is 88.4 Å². The normalized spacial score (nSPS) is 19.9. The van der Waals surface area contributed by atoms with Gasteiger partial charge in [0.2, 0.25) is 11.8 Å². The van der Waals surface area contributed by atoms with Gasteiger partial charge in [-0.15, -0.1) is 0 Å². The number of aryl methyl sites for hydroxylation is 1. The van der Waals surface area contributed by atoms with Gasteiger partial charge < -0.3 is 9.73 Å². The molecule has 1 saturated heterocycles. The van der Waals surface area contributed by atoms with E-state index < -0.39 is 5.41 Å². The molecular formula is C20H22N2O4. The Morgan fingerprint density at radius 3 is 2.46 bits per heavy atom. The molecule has 136 valence electrons. The van der Waals surface area contributed by atoms with Crippen LogP contribution >= 0.6 is 0 Å². The number of nitrogens with one attached hydrogen (secondary N) is 2. The third kappa shape index (κ3) is 3.27. The molecule has 0 spiro atoms. The Kier molecular flexibility index (Phi) is 4.93. The molecule has 0 aliphatic carbocycles. The van der Waals surface area contributed by atoms with Crippen LogP contribution in [-0.4, -0.2) is 17.7 Å². The van der Waals surface area contributed by atoms with Gasteiger partial charge in [-0.1, -0.05) is 26.0 Å². The van der Waals surface area contributed by atoms with Crippen molar-refractivity contribution < 1.29 is 18.8 Å². The second-order valence-electron chi connectivity index (χ2n) is 6.46. The van der Waals surface area contributed by atoms with Crippen LogP contribution in [0.2, 0.25) is 0 Å². The first-order chi connectivity index (χ1) is 12.5. The predicted molar refractivity (Wildman–Crippen MR) is 96.8 cm³/mol. The van der Waals surface area contributed by atoms with Crippen molar-refractivity contribution in [3.63, 3.8) is 0 Å². The second-order valence-corrected chi connectivity index (χ2v) is 6.46. The highest BCUT2D eigenvalue weighted by Gasteiger charge is 2.42. The van der Waals surface area contributed by atoms with Crippen molar-refractivity contribution in [2.24, 2.45) is 0 Å². The summed E-state index contributed by atoms with van der Waals surface area (Å²) >= 11 is 0. The van der Waals surface area contributed by atoms with E-state index in [1.165, 1.54) is 0 Å². The third-order valence-corrected chi connectivity index (χ3v) is 5.00. The van der Waals surface area contributed by atoms with E-state index in [0.717, 1.165) is 17.7 Å². The predicted octanol–water partition coefficient (Wildman–Crippen LogP) is 3.18. The third-order valence-electron chi connectivity index (χ3n) is 5.00. The van der Waals surface area contributed by atoms with Crippen LogP contribution in [0.5, 0.6) is 0 Å². The zero-order valence-corrected chi connectivity index (χ0v) is 14.9. The lowest BCUT2D eigenvalue weighted by Gasteiger charge is -2.35. The van der Waals surface area contributed by atoms with Crippen molar-refractivity contribution in [2.45, 2.75) is 44.9 Å². The Morgan fingerprint density at radius 2 is 1.88 bits per heavy atom. The maximum atomic E-state index is 12.4. The van der Waals surface area contributed by atoms with Gasteiger partial charge >= 0.3 is 0 Å². The van der Waals surface area contributed by atoms with Crippen LogP contribution in [0.1, 0.15) is 55.0 Å². The van der Waals surface area contributed by atoms with E-state index in [1.54, 1.807) is 24.3 Å². The van der Waals surface area contributed by atoms with Crippen LogP contribution in [-0.2, 0) is 21.4 Å². The molecule has 0 saturated carbocycles. The summed E-state index contributed by atoms with van der Waals surface area (Å²) in [5.41, 5.74) is 0.758. The lowest BCUT2D eigenvalue weighted by atomic mass is 9.72. The summed E-state index contributed by atoms with van der Waals surface area (Å²) in [5.74, 6) is 0.224. The Balaban J connectivity index is 1.76. The monoisotopic (exact) mass is 354 g/mol. The lowest BCUT2D eigenvalue weighted by molar-refractivity contribution is -0.138. The number of benzene rings is 1. The Bertz CT molecular complexity index is 838. The molecule has 0 radical (unpaired) electrons. The highest BCUT2D eigenvalue weighted by Crippen LogP contribution is 2.36. The fourth-order valence-electron chi connectivity index (χ4n) is 3.32. The van der Waals surface area contributed by atoms with Gasteiger partial charge in [0.1, 0.15) is 5.76 Å². The molecule has 1 atom stereocenters.